The predicted molar refractivity (Wildman–Crippen MR) is 127 cm³/mol. The van der Waals surface area contributed by atoms with Gasteiger partial charge in [0, 0.05) is 21.3 Å². The molecule has 0 saturated heterocycles. The van der Waals surface area contributed by atoms with Crippen LogP contribution in [0.5, 0.6) is 5.75 Å². The number of aryl methyl sites for hydroxylation is 1. The second kappa shape index (κ2) is 9.42. The molecule has 1 N–H and O–H groups in total. The van der Waals surface area contributed by atoms with Crippen molar-refractivity contribution in [1.82, 2.24) is 14.8 Å². The van der Waals surface area contributed by atoms with Crippen molar-refractivity contribution < 1.29 is 9.53 Å². The Balaban J connectivity index is 1.75. The highest BCUT2D eigenvalue weighted by Gasteiger charge is 2.20. The number of nitrogens with one attached hydrogen (secondary N) is 1. The maximum atomic E-state index is 13.0. The summed E-state index contributed by atoms with van der Waals surface area (Å²) in [6.45, 7) is 4.38. The van der Waals surface area contributed by atoms with E-state index in [0.717, 1.165) is 22.6 Å². The molecule has 0 radical (unpaired) electrons. The van der Waals surface area contributed by atoms with E-state index in [-0.39, 0.29) is 5.82 Å². The lowest BCUT2D eigenvalue weighted by atomic mass is 10.2. The maximum absolute atomic E-state index is 13.0. The first-order valence-corrected chi connectivity index (χ1v) is 10.7. The maximum Gasteiger partial charge on any atom is 0.295 e. The Morgan fingerprint density at radius 1 is 1.03 bits per heavy atom. The van der Waals surface area contributed by atoms with Gasteiger partial charge in [-0.1, -0.05) is 41.4 Å². The molecule has 1 heterocycles. The zero-order chi connectivity index (χ0) is 22.7. The second-order valence-electron chi connectivity index (χ2n) is 7.02. The first kappa shape index (κ1) is 21.9. The third-order valence-electron chi connectivity index (χ3n) is 4.73. The molecule has 0 saturated carbocycles. The first-order chi connectivity index (χ1) is 15.4. The van der Waals surface area contributed by atoms with Crippen LogP contribution in [0, 0.1) is 6.92 Å². The van der Waals surface area contributed by atoms with Gasteiger partial charge in [-0.2, -0.15) is 0 Å². The summed E-state index contributed by atoms with van der Waals surface area (Å²) in [6, 6.07) is 19.9. The third-order valence-corrected chi connectivity index (χ3v) is 5.20. The fourth-order valence-electron chi connectivity index (χ4n) is 3.16. The summed E-state index contributed by atoms with van der Waals surface area (Å²) < 4.78 is 7.13. The monoisotopic (exact) mass is 466 g/mol. The summed E-state index contributed by atoms with van der Waals surface area (Å²) in [5, 5.41) is 8.41. The Hall–Kier alpha value is -3.35. The molecule has 1 aromatic heterocycles. The number of benzene rings is 3. The minimum Gasteiger partial charge on any atom is -0.494 e. The molecule has 8 heteroatoms. The lowest BCUT2D eigenvalue weighted by Gasteiger charge is -2.08. The van der Waals surface area contributed by atoms with Crippen molar-refractivity contribution in [3.8, 4) is 22.8 Å². The molecule has 32 heavy (non-hydrogen) atoms. The second-order valence-corrected chi connectivity index (χ2v) is 7.89. The van der Waals surface area contributed by atoms with Gasteiger partial charge in [-0.15, -0.1) is 5.10 Å². The highest BCUT2D eigenvalue weighted by atomic mass is 35.5. The van der Waals surface area contributed by atoms with Gasteiger partial charge < -0.3 is 10.1 Å². The van der Waals surface area contributed by atoms with Gasteiger partial charge in [-0.25, -0.2) is 9.67 Å². The lowest BCUT2D eigenvalue weighted by molar-refractivity contribution is 0.101. The van der Waals surface area contributed by atoms with Gasteiger partial charge in [-0.05, 0) is 67.9 Å². The summed E-state index contributed by atoms with van der Waals surface area (Å²) in [5.41, 5.74) is 2.94. The molecule has 4 aromatic rings. The largest absolute Gasteiger partial charge is 0.494 e. The minimum atomic E-state index is -0.441. The quantitative estimate of drug-likeness (QED) is 0.367. The third kappa shape index (κ3) is 4.77. The van der Waals surface area contributed by atoms with E-state index in [1.54, 1.807) is 28.9 Å². The number of hydrogen-bond donors (Lipinski definition) is 1. The van der Waals surface area contributed by atoms with Crippen LogP contribution >= 0.6 is 23.2 Å². The number of hydrogen-bond acceptors (Lipinski definition) is 4. The smallest absolute Gasteiger partial charge is 0.295 e. The molecule has 4 rings (SSSR count). The fourth-order valence-corrected chi connectivity index (χ4v) is 3.52. The van der Waals surface area contributed by atoms with Crippen molar-refractivity contribution in [3.63, 3.8) is 0 Å². The van der Waals surface area contributed by atoms with E-state index in [2.05, 4.69) is 15.4 Å². The van der Waals surface area contributed by atoms with E-state index < -0.39 is 5.91 Å². The summed E-state index contributed by atoms with van der Waals surface area (Å²) in [5.74, 6) is 0.816. The van der Waals surface area contributed by atoms with Crippen molar-refractivity contribution in [2.45, 2.75) is 13.8 Å². The van der Waals surface area contributed by atoms with E-state index in [1.807, 2.05) is 56.3 Å². The van der Waals surface area contributed by atoms with Crippen LogP contribution in [0.4, 0.5) is 5.69 Å². The molecule has 0 unspecified atom stereocenters. The molecule has 0 atom stereocenters. The Morgan fingerprint density at radius 2 is 1.78 bits per heavy atom. The molecule has 0 aliphatic heterocycles. The number of carbonyl (C=O) groups excluding carboxylic acids is 1. The van der Waals surface area contributed by atoms with Gasteiger partial charge in [0.1, 0.15) is 5.75 Å². The summed E-state index contributed by atoms with van der Waals surface area (Å²) in [6.07, 6.45) is 0. The topological polar surface area (TPSA) is 69.0 Å². The Kier molecular flexibility index (Phi) is 6.44. The van der Waals surface area contributed by atoms with Gasteiger partial charge in [0.2, 0.25) is 5.82 Å². The van der Waals surface area contributed by atoms with Crippen LogP contribution < -0.4 is 10.1 Å². The molecule has 0 aliphatic carbocycles. The number of aromatic nitrogens is 3. The predicted octanol–water partition coefficient (Wildman–Crippen LogP) is 6.20. The normalized spacial score (nSPS) is 10.8. The Bertz CT molecular complexity index is 1270. The Morgan fingerprint density at radius 3 is 2.50 bits per heavy atom. The summed E-state index contributed by atoms with van der Waals surface area (Å²) in [4.78, 5) is 17.5. The van der Waals surface area contributed by atoms with E-state index in [1.165, 1.54) is 0 Å². The minimum absolute atomic E-state index is 0.0215. The van der Waals surface area contributed by atoms with Crippen molar-refractivity contribution in [2.75, 3.05) is 11.9 Å². The van der Waals surface area contributed by atoms with Crippen molar-refractivity contribution in [1.29, 1.82) is 0 Å². The average Bonchev–Trinajstić information content (AvgIpc) is 3.23. The SMILES string of the molecule is CCOc1ccc(-n2nc(C(=O)Nc3cc(Cl)ccc3C)nc2-c2cccc(Cl)c2)cc1. The number of anilines is 1. The molecule has 3 aromatic carbocycles. The molecular weight excluding hydrogens is 447 g/mol. The number of nitrogens with zero attached hydrogens (tertiary/aromatic N) is 3. The molecule has 0 spiro atoms. The zero-order valence-electron chi connectivity index (χ0n) is 17.5. The van der Waals surface area contributed by atoms with Crippen LogP contribution in [-0.2, 0) is 0 Å². The number of carbonyl (C=O) groups is 1. The fraction of sp³-hybridized carbons (Fsp3) is 0.125. The van der Waals surface area contributed by atoms with Crippen LogP contribution in [0.2, 0.25) is 10.0 Å². The van der Waals surface area contributed by atoms with Gasteiger partial charge in [0.15, 0.2) is 5.82 Å². The van der Waals surface area contributed by atoms with Crippen LogP contribution in [0.15, 0.2) is 66.7 Å². The Labute approximate surface area is 195 Å². The van der Waals surface area contributed by atoms with E-state index >= 15 is 0 Å². The highest BCUT2D eigenvalue weighted by Crippen LogP contribution is 2.26. The van der Waals surface area contributed by atoms with Gasteiger partial charge in [0.05, 0.1) is 12.3 Å². The summed E-state index contributed by atoms with van der Waals surface area (Å²) >= 11 is 12.3. The number of amides is 1. The molecular formula is C24H20Cl2N4O2. The number of rotatable bonds is 6. The molecule has 0 aliphatic rings. The molecule has 1 amide bonds. The van der Waals surface area contributed by atoms with Crippen LogP contribution in [-0.4, -0.2) is 27.3 Å². The van der Waals surface area contributed by atoms with Gasteiger partial charge >= 0.3 is 0 Å². The lowest BCUT2D eigenvalue weighted by Crippen LogP contribution is -2.15. The summed E-state index contributed by atoms with van der Waals surface area (Å²) in [7, 11) is 0. The molecule has 0 fully saturated rings. The van der Waals surface area contributed by atoms with Crippen LogP contribution in [0.25, 0.3) is 17.1 Å². The van der Waals surface area contributed by atoms with Crippen molar-refractivity contribution >= 4 is 34.8 Å². The van der Waals surface area contributed by atoms with Crippen molar-refractivity contribution in [2.24, 2.45) is 0 Å². The average molecular weight is 467 g/mol. The first-order valence-electron chi connectivity index (χ1n) is 9.98. The van der Waals surface area contributed by atoms with Gasteiger partial charge in [0.25, 0.3) is 5.91 Å². The highest BCUT2D eigenvalue weighted by molar-refractivity contribution is 6.31. The van der Waals surface area contributed by atoms with Crippen LogP contribution in [0.1, 0.15) is 23.1 Å². The van der Waals surface area contributed by atoms with E-state index in [9.17, 15) is 4.79 Å². The molecule has 6 nitrogen and oxygen atoms in total. The van der Waals surface area contributed by atoms with Crippen LogP contribution in [0.3, 0.4) is 0 Å². The van der Waals surface area contributed by atoms with Gasteiger partial charge in [-0.3, -0.25) is 4.79 Å². The molecule has 162 valence electrons. The number of halogens is 2. The molecule has 0 bridgehead atoms. The zero-order valence-corrected chi connectivity index (χ0v) is 19.0. The number of ether oxygens (including phenoxy) is 1. The van der Waals surface area contributed by atoms with Crippen molar-refractivity contribution in [3.05, 3.63) is 88.2 Å². The standard InChI is InChI=1S/C24H20Cl2N4O2/c1-3-32-20-11-9-19(10-12-20)30-23(16-5-4-6-17(25)13-16)28-22(29-30)24(31)27-21-14-18(26)8-7-15(21)2/h4-14H,3H2,1-2H3,(H,27,31). The van der Waals surface area contributed by atoms with E-state index in [0.29, 0.717) is 28.2 Å². The van der Waals surface area contributed by atoms with E-state index in [4.69, 9.17) is 27.9 Å².